The molecule has 4 aromatic rings. The third-order valence-corrected chi connectivity index (χ3v) is 6.46. The molecule has 1 aliphatic heterocycles. The number of fused-ring (bicyclic) bond motifs is 2. The highest BCUT2D eigenvalue weighted by Gasteiger charge is 2.19. The van der Waals surface area contributed by atoms with Gasteiger partial charge in [-0.2, -0.15) is 0 Å². The van der Waals surface area contributed by atoms with Crippen molar-refractivity contribution in [3.8, 4) is 5.75 Å². The van der Waals surface area contributed by atoms with E-state index in [0.717, 1.165) is 50.0 Å². The van der Waals surface area contributed by atoms with Gasteiger partial charge in [-0.05, 0) is 40.6 Å². The Morgan fingerprint density at radius 1 is 0.971 bits per heavy atom. The molecule has 2 heterocycles. The summed E-state index contributed by atoms with van der Waals surface area (Å²) in [4.78, 5) is 14.9. The van der Waals surface area contributed by atoms with E-state index in [9.17, 15) is 4.79 Å². The zero-order chi connectivity index (χ0) is 23.3. The number of nitrogens with zero attached hydrogens (tertiary/aromatic N) is 4. The molecule has 0 aliphatic carbocycles. The van der Waals surface area contributed by atoms with Gasteiger partial charge in [0.1, 0.15) is 17.4 Å². The zero-order valence-corrected chi connectivity index (χ0v) is 19.4. The molecule has 0 saturated carbocycles. The summed E-state index contributed by atoms with van der Waals surface area (Å²) in [5.74, 6) is 2.59. The summed E-state index contributed by atoms with van der Waals surface area (Å²) in [6.07, 6.45) is 1.52. The van der Waals surface area contributed by atoms with Crippen LogP contribution in [0.5, 0.6) is 5.75 Å². The van der Waals surface area contributed by atoms with Gasteiger partial charge in [0.2, 0.25) is 0 Å². The Bertz CT molecular complexity index is 1280. The fourth-order valence-electron chi connectivity index (χ4n) is 4.57. The molecule has 34 heavy (non-hydrogen) atoms. The maximum atomic E-state index is 12.4. The van der Waals surface area contributed by atoms with E-state index in [1.165, 1.54) is 16.3 Å². The Morgan fingerprint density at radius 2 is 1.79 bits per heavy atom. The smallest absolute Gasteiger partial charge is 0.251 e. The van der Waals surface area contributed by atoms with Crippen LogP contribution in [0.1, 0.15) is 27.6 Å². The number of benzene rings is 3. The lowest BCUT2D eigenvalue weighted by Gasteiger charge is -2.20. The van der Waals surface area contributed by atoms with Gasteiger partial charge in [0.25, 0.3) is 5.91 Å². The van der Waals surface area contributed by atoms with Crippen LogP contribution in [0.2, 0.25) is 0 Å². The normalized spacial score (nSPS) is 13.9. The third kappa shape index (κ3) is 4.79. The van der Waals surface area contributed by atoms with E-state index in [0.29, 0.717) is 18.5 Å². The van der Waals surface area contributed by atoms with Crippen LogP contribution >= 0.6 is 0 Å². The predicted octanol–water partition coefficient (Wildman–Crippen LogP) is 3.47. The van der Waals surface area contributed by atoms with Gasteiger partial charge in [-0.15, -0.1) is 10.2 Å². The zero-order valence-electron chi connectivity index (χ0n) is 19.4. The molecular weight excluding hydrogens is 426 g/mol. The second-order valence-electron chi connectivity index (χ2n) is 8.58. The molecule has 7 heteroatoms. The fourth-order valence-corrected chi connectivity index (χ4v) is 4.57. The van der Waals surface area contributed by atoms with Gasteiger partial charge in [0.05, 0.1) is 7.11 Å². The first-order valence-electron chi connectivity index (χ1n) is 11.7. The number of hydrogen-bond donors (Lipinski definition) is 1. The van der Waals surface area contributed by atoms with Crippen molar-refractivity contribution >= 4 is 16.7 Å². The van der Waals surface area contributed by atoms with Crippen LogP contribution in [-0.4, -0.2) is 52.3 Å². The van der Waals surface area contributed by atoms with Crippen molar-refractivity contribution in [3.05, 3.63) is 89.5 Å². The molecule has 5 rings (SSSR count). The lowest BCUT2D eigenvalue weighted by Crippen LogP contribution is -2.28. The van der Waals surface area contributed by atoms with Gasteiger partial charge in [-0.3, -0.25) is 9.69 Å². The SMILES string of the molecule is COc1ccc(C(=O)NCCc2nnc3n2CCN(Cc2cccc4ccccc24)CC3)cc1. The lowest BCUT2D eigenvalue weighted by molar-refractivity contribution is 0.0954. The monoisotopic (exact) mass is 455 g/mol. The molecule has 0 bridgehead atoms. The average molecular weight is 456 g/mol. The van der Waals surface area contributed by atoms with Gasteiger partial charge in [0.15, 0.2) is 0 Å². The number of amides is 1. The molecule has 0 radical (unpaired) electrons. The van der Waals surface area contributed by atoms with Gasteiger partial charge in [-0.25, -0.2) is 0 Å². The largest absolute Gasteiger partial charge is 0.497 e. The van der Waals surface area contributed by atoms with Crippen molar-refractivity contribution < 1.29 is 9.53 Å². The van der Waals surface area contributed by atoms with Crippen molar-refractivity contribution in [2.75, 3.05) is 26.7 Å². The summed E-state index contributed by atoms with van der Waals surface area (Å²) >= 11 is 0. The number of aromatic nitrogens is 3. The predicted molar refractivity (Wildman–Crippen MR) is 132 cm³/mol. The molecule has 0 fully saturated rings. The highest BCUT2D eigenvalue weighted by molar-refractivity contribution is 5.94. The highest BCUT2D eigenvalue weighted by atomic mass is 16.5. The number of methoxy groups -OCH3 is 1. The molecule has 7 nitrogen and oxygen atoms in total. The van der Waals surface area contributed by atoms with Gasteiger partial charge in [0, 0.05) is 51.1 Å². The topological polar surface area (TPSA) is 72.3 Å². The molecule has 0 saturated heterocycles. The number of carbonyl (C=O) groups is 1. The molecular formula is C27H29N5O2. The van der Waals surface area contributed by atoms with Crippen LogP contribution in [0.3, 0.4) is 0 Å². The van der Waals surface area contributed by atoms with E-state index < -0.39 is 0 Å². The quantitative estimate of drug-likeness (QED) is 0.462. The van der Waals surface area contributed by atoms with E-state index in [4.69, 9.17) is 4.74 Å². The first-order chi connectivity index (χ1) is 16.7. The van der Waals surface area contributed by atoms with Crippen LogP contribution < -0.4 is 10.1 Å². The number of ether oxygens (including phenoxy) is 1. The first-order valence-corrected chi connectivity index (χ1v) is 11.7. The standard InChI is InChI=1S/C27H29N5O2/c1-34-23-11-9-21(10-12-23)27(33)28-15-13-25-29-30-26-14-16-31(17-18-32(25)26)19-22-7-4-6-20-5-2-3-8-24(20)22/h2-12H,13-19H2,1H3,(H,28,33). The summed E-state index contributed by atoms with van der Waals surface area (Å²) in [6, 6.07) is 22.2. The fraction of sp³-hybridized carbons (Fsp3) is 0.296. The minimum Gasteiger partial charge on any atom is -0.497 e. The second-order valence-corrected chi connectivity index (χ2v) is 8.58. The van der Waals surface area contributed by atoms with Gasteiger partial charge in [-0.1, -0.05) is 42.5 Å². The molecule has 0 unspecified atom stereocenters. The van der Waals surface area contributed by atoms with Crippen molar-refractivity contribution in [3.63, 3.8) is 0 Å². The Hall–Kier alpha value is -3.71. The summed E-state index contributed by atoms with van der Waals surface area (Å²) in [5.41, 5.74) is 1.97. The van der Waals surface area contributed by atoms with Crippen LogP contribution in [-0.2, 0) is 25.9 Å². The molecule has 1 amide bonds. The van der Waals surface area contributed by atoms with E-state index in [-0.39, 0.29) is 5.91 Å². The molecule has 1 aromatic heterocycles. The number of carbonyl (C=O) groups excluding carboxylic acids is 1. The van der Waals surface area contributed by atoms with Gasteiger partial charge >= 0.3 is 0 Å². The summed E-state index contributed by atoms with van der Waals surface area (Å²) in [7, 11) is 1.61. The average Bonchev–Trinajstić information content (AvgIpc) is 3.15. The van der Waals surface area contributed by atoms with Crippen molar-refractivity contribution in [1.29, 1.82) is 0 Å². The Balaban J connectivity index is 1.18. The van der Waals surface area contributed by atoms with E-state index in [2.05, 4.69) is 67.4 Å². The van der Waals surface area contributed by atoms with Crippen molar-refractivity contribution in [2.24, 2.45) is 0 Å². The van der Waals surface area contributed by atoms with Crippen LogP contribution in [0, 0.1) is 0 Å². The van der Waals surface area contributed by atoms with Crippen molar-refractivity contribution in [2.45, 2.75) is 25.9 Å². The van der Waals surface area contributed by atoms with Crippen LogP contribution in [0.4, 0.5) is 0 Å². The summed E-state index contributed by atoms with van der Waals surface area (Å²) in [6.45, 7) is 4.19. The molecule has 0 atom stereocenters. The third-order valence-electron chi connectivity index (χ3n) is 6.46. The van der Waals surface area contributed by atoms with Crippen molar-refractivity contribution in [1.82, 2.24) is 25.0 Å². The maximum absolute atomic E-state index is 12.4. The molecule has 0 spiro atoms. The first kappa shape index (κ1) is 22.1. The summed E-state index contributed by atoms with van der Waals surface area (Å²) in [5, 5.41) is 14.4. The van der Waals surface area contributed by atoms with E-state index >= 15 is 0 Å². The number of nitrogens with one attached hydrogen (secondary N) is 1. The van der Waals surface area contributed by atoms with E-state index in [1.807, 2.05) is 0 Å². The van der Waals surface area contributed by atoms with Gasteiger partial charge < -0.3 is 14.6 Å². The Kier molecular flexibility index (Phi) is 6.53. The lowest BCUT2D eigenvalue weighted by atomic mass is 10.0. The minimum absolute atomic E-state index is 0.0977. The highest BCUT2D eigenvalue weighted by Crippen LogP contribution is 2.21. The second kappa shape index (κ2) is 10.1. The minimum atomic E-state index is -0.0977. The maximum Gasteiger partial charge on any atom is 0.251 e. The molecule has 174 valence electrons. The van der Waals surface area contributed by atoms with Crippen LogP contribution in [0.15, 0.2) is 66.7 Å². The Morgan fingerprint density at radius 3 is 2.65 bits per heavy atom. The summed E-state index contributed by atoms with van der Waals surface area (Å²) < 4.78 is 7.37. The number of rotatable bonds is 7. The molecule has 1 aliphatic rings. The molecule has 3 aromatic carbocycles. The number of hydrogen-bond acceptors (Lipinski definition) is 5. The van der Waals surface area contributed by atoms with E-state index in [1.54, 1.807) is 31.4 Å². The molecule has 1 N–H and O–H groups in total. The van der Waals surface area contributed by atoms with Crippen LogP contribution in [0.25, 0.3) is 10.8 Å². The Labute approximate surface area is 199 Å².